The third-order valence-electron chi connectivity index (χ3n) is 3.07. The van der Waals surface area contributed by atoms with Gasteiger partial charge in [0.2, 0.25) is 5.91 Å². The summed E-state index contributed by atoms with van der Waals surface area (Å²) in [4.78, 5) is 22.5. The summed E-state index contributed by atoms with van der Waals surface area (Å²) < 4.78 is 5.14. The van der Waals surface area contributed by atoms with Crippen LogP contribution in [0.5, 0.6) is 5.75 Å². The van der Waals surface area contributed by atoms with Crippen molar-refractivity contribution in [3.8, 4) is 5.75 Å². The number of rotatable bonds is 7. The van der Waals surface area contributed by atoms with Crippen molar-refractivity contribution in [1.29, 1.82) is 0 Å². The van der Waals surface area contributed by atoms with Crippen molar-refractivity contribution in [1.82, 2.24) is 0 Å². The normalized spacial score (nSPS) is 10.1. The summed E-state index contributed by atoms with van der Waals surface area (Å²) >= 11 is 5.82. The maximum Gasteiger partial charge on any atom is 0.255 e. The number of primary amides is 1. The van der Waals surface area contributed by atoms with Crippen molar-refractivity contribution in [2.75, 3.05) is 11.9 Å². The predicted octanol–water partition coefficient (Wildman–Crippen LogP) is 2.78. The highest BCUT2D eigenvalue weighted by atomic mass is 35.5. The first kappa shape index (κ1) is 16.8. The van der Waals surface area contributed by atoms with Gasteiger partial charge in [-0.2, -0.15) is 0 Å². The quantitative estimate of drug-likeness (QED) is 0.818. The molecule has 2 aromatic carbocycles. The second kappa shape index (κ2) is 8.19. The van der Waals surface area contributed by atoms with E-state index in [9.17, 15) is 9.59 Å². The number of hydrogen-bond acceptors (Lipinski definition) is 3. The van der Waals surface area contributed by atoms with E-state index in [0.29, 0.717) is 29.3 Å². The molecule has 5 nitrogen and oxygen atoms in total. The summed E-state index contributed by atoms with van der Waals surface area (Å²) in [6.07, 6.45) is 1.02. The average Bonchev–Trinajstić information content (AvgIpc) is 2.53. The minimum absolute atomic E-state index is 0.0780. The number of carbonyl (C=O) groups is 2. The van der Waals surface area contributed by atoms with E-state index < -0.39 is 5.91 Å². The van der Waals surface area contributed by atoms with Gasteiger partial charge in [0.25, 0.3) is 5.91 Å². The number of amides is 2. The van der Waals surface area contributed by atoms with E-state index in [-0.39, 0.29) is 12.5 Å². The molecule has 0 heterocycles. The number of ether oxygens (including phenoxy) is 1. The van der Waals surface area contributed by atoms with E-state index in [1.807, 2.05) is 12.1 Å². The number of hydrogen-bond donors (Lipinski definition) is 2. The van der Waals surface area contributed by atoms with Crippen molar-refractivity contribution >= 4 is 29.1 Å². The van der Waals surface area contributed by atoms with Crippen LogP contribution >= 0.6 is 11.6 Å². The van der Waals surface area contributed by atoms with Gasteiger partial charge in [0, 0.05) is 17.1 Å². The summed E-state index contributed by atoms with van der Waals surface area (Å²) in [5.74, 6) is -0.0988. The fourth-order valence-corrected chi connectivity index (χ4v) is 2.05. The van der Waals surface area contributed by atoms with Crippen molar-refractivity contribution in [3.05, 3.63) is 59.1 Å². The smallest absolute Gasteiger partial charge is 0.255 e. The van der Waals surface area contributed by atoms with Crippen molar-refractivity contribution in [3.63, 3.8) is 0 Å². The average molecular weight is 333 g/mol. The maximum atomic E-state index is 11.9. The number of benzene rings is 2. The SMILES string of the molecule is NC(=O)COc1ccc(NC(=O)CCc2ccc(Cl)cc2)cc1. The first-order valence-corrected chi connectivity index (χ1v) is 7.46. The Morgan fingerprint density at radius 2 is 1.70 bits per heavy atom. The van der Waals surface area contributed by atoms with Crippen LogP contribution in [0.15, 0.2) is 48.5 Å². The third-order valence-corrected chi connectivity index (χ3v) is 3.33. The monoisotopic (exact) mass is 332 g/mol. The van der Waals surface area contributed by atoms with Crippen LogP contribution in [0.1, 0.15) is 12.0 Å². The molecule has 0 fully saturated rings. The van der Waals surface area contributed by atoms with Crippen LogP contribution in [0, 0.1) is 0 Å². The molecule has 0 bridgehead atoms. The lowest BCUT2D eigenvalue weighted by Gasteiger charge is -2.07. The molecule has 2 rings (SSSR count). The van der Waals surface area contributed by atoms with E-state index >= 15 is 0 Å². The number of nitrogens with two attached hydrogens (primary N) is 1. The number of halogens is 1. The number of anilines is 1. The lowest BCUT2D eigenvalue weighted by molar-refractivity contribution is -0.120. The Hall–Kier alpha value is -2.53. The van der Waals surface area contributed by atoms with Crippen LogP contribution in [0.3, 0.4) is 0 Å². The van der Waals surface area contributed by atoms with Crippen LogP contribution in [-0.2, 0) is 16.0 Å². The molecule has 0 saturated heterocycles. The van der Waals surface area contributed by atoms with Crippen LogP contribution in [-0.4, -0.2) is 18.4 Å². The molecule has 6 heteroatoms. The molecule has 0 aromatic heterocycles. The molecule has 0 aliphatic rings. The van der Waals surface area contributed by atoms with E-state index in [4.69, 9.17) is 22.1 Å². The summed E-state index contributed by atoms with van der Waals surface area (Å²) in [6.45, 7) is -0.174. The largest absolute Gasteiger partial charge is 0.484 e. The number of aryl methyl sites for hydroxylation is 1. The van der Waals surface area contributed by atoms with E-state index in [1.165, 1.54) is 0 Å². The highest BCUT2D eigenvalue weighted by molar-refractivity contribution is 6.30. The Morgan fingerprint density at radius 3 is 2.30 bits per heavy atom. The molecule has 0 saturated carbocycles. The Labute approximate surface area is 139 Å². The molecule has 2 amide bonds. The highest BCUT2D eigenvalue weighted by Gasteiger charge is 2.04. The minimum Gasteiger partial charge on any atom is -0.484 e. The summed E-state index contributed by atoms with van der Waals surface area (Å²) in [5.41, 5.74) is 6.72. The third kappa shape index (κ3) is 6.00. The topological polar surface area (TPSA) is 81.4 Å². The fraction of sp³-hybridized carbons (Fsp3) is 0.176. The van der Waals surface area contributed by atoms with Gasteiger partial charge in [-0.05, 0) is 48.4 Å². The molecule has 0 unspecified atom stereocenters. The van der Waals surface area contributed by atoms with Crippen LogP contribution in [0.2, 0.25) is 5.02 Å². The minimum atomic E-state index is -0.537. The van der Waals surface area contributed by atoms with Crippen molar-refractivity contribution in [2.45, 2.75) is 12.8 Å². The Morgan fingerprint density at radius 1 is 1.04 bits per heavy atom. The number of carbonyl (C=O) groups excluding carboxylic acids is 2. The molecule has 120 valence electrons. The molecular weight excluding hydrogens is 316 g/mol. The molecule has 0 aliphatic heterocycles. The molecule has 2 aromatic rings. The summed E-state index contributed by atoms with van der Waals surface area (Å²) in [7, 11) is 0. The van der Waals surface area contributed by atoms with Gasteiger partial charge in [-0.1, -0.05) is 23.7 Å². The zero-order valence-electron chi connectivity index (χ0n) is 12.4. The van der Waals surface area contributed by atoms with Gasteiger partial charge in [0.15, 0.2) is 6.61 Å². The maximum absolute atomic E-state index is 11.9. The van der Waals surface area contributed by atoms with Crippen LogP contribution in [0.25, 0.3) is 0 Å². The Bertz CT molecular complexity index is 669. The van der Waals surface area contributed by atoms with Crippen molar-refractivity contribution in [2.24, 2.45) is 5.73 Å². The van der Waals surface area contributed by atoms with Gasteiger partial charge in [-0.15, -0.1) is 0 Å². The van der Waals surface area contributed by atoms with E-state index in [1.54, 1.807) is 36.4 Å². The molecule has 0 spiro atoms. The zero-order valence-corrected chi connectivity index (χ0v) is 13.2. The van der Waals surface area contributed by atoms with Gasteiger partial charge in [0.1, 0.15) is 5.75 Å². The van der Waals surface area contributed by atoms with Gasteiger partial charge in [-0.25, -0.2) is 0 Å². The van der Waals surface area contributed by atoms with E-state index in [2.05, 4.69) is 5.32 Å². The standard InChI is InChI=1S/C17H17ClN2O3/c18-13-4-1-12(2-5-13)3-10-17(22)20-14-6-8-15(9-7-14)23-11-16(19)21/h1-2,4-9H,3,10-11H2,(H2,19,21)(H,20,22). The molecule has 0 aliphatic carbocycles. The second-order valence-electron chi connectivity index (χ2n) is 4.95. The lowest BCUT2D eigenvalue weighted by Crippen LogP contribution is -2.20. The fourth-order valence-electron chi connectivity index (χ4n) is 1.92. The second-order valence-corrected chi connectivity index (χ2v) is 5.39. The van der Waals surface area contributed by atoms with Crippen LogP contribution in [0.4, 0.5) is 5.69 Å². The highest BCUT2D eigenvalue weighted by Crippen LogP contribution is 2.16. The molecule has 23 heavy (non-hydrogen) atoms. The lowest BCUT2D eigenvalue weighted by atomic mass is 10.1. The first-order chi connectivity index (χ1) is 11.0. The van der Waals surface area contributed by atoms with Crippen LogP contribution < -0.4 is 15.8 Å². The summed E-state index contributed by atoms with van der Waals surface area (Å²) in [5, 5.41) is 3.48. The van der Waals surface area contributed by atoms with Crippen molar-refractivity contribution < 1.29 is 14.3 Å². The zero-order chi connectivity index (χ0) is 16.7. The summed E-state index contributed by atoms with van der Waals surface area (Å²) in [6, 6.07) is 14.2. The van der Waals surface area contributed by atoms with Gasteiger partial charge in [-0.3, -0.25) is 9.59 Å². The molecule has 0 atom stereocenters. The Kier molecular flexibility index (Phi) is 6.00. The number of nitrogens with one attached hydrogen (secondary N) is 1. The molecular formula is C17H17ClN2O3. The molecule has 0 radical (unpaired) electrons. The Balaban J connectivity index is 1.80. The first-order valence-electron chi connectivity index (χ1n) is 7.08. The molecule has 3 N–H and O–H groups in total. The van der Waals surface area contributed by atoms with E-state index in [0.717, 1.165) is 5.56 Å². The van der Waals surface area contributed by atoms with Gasteiger partial charge >= 0.3 is 0 Å². The van der Waals surface area contributed by atoms with Gasteiger partial charge in [0.05, 0.1) is 0 Å². The van der Waals surface area contributed by atoms with Gasteiger partial charge < -0.3 is 15.8 Å². The predicted molar refractivity (Wildman–Crippen MR) is 89.5 cm³/mol.